The zero-order valence-electron chi connectivity index (χ0n) is 24.2. The molecule has 10 nitrogen and oxygen atoms in total. The van der Waals surface area contributed by atoms with Crippen molar-refractivity contribution in [1.82, 2.24) is 4.98 Å². The number of nitrogens with zero attached hydrogens (tertiary/aromatic N) is 1. The number of ether oxygens (including phenoxy) is 3. The molecule has 5 aliphatic rings. The van der Waals surface area contributed by atoms with Crippen molar-refractivity contribution in [2.24, 2.45) is 28.6 Å². The molecule has 4 fully saturated rings. The summed E-state index contributed by atoms with van der Waals surface area (Å²) in [5.74, 6) is -0.110. The van der Waals surface area contributed by atoms with Gasteiger partial charge < -0.3 is 24.4 Å². The summed E-state index contributed by atoms with van der Waals surface area (Å²) in [5.41, 5.74) is -1.56. The van der Waals surface area contributed by atoms with Crippen LogP contribution in [-0.2, 0) is 19.1 Å². The highest BCUT2D eigenvalue weighted by Gasteiger charge is 2.68. The third-order valence-electron chi connectivity index (χ3n) is 10.9. The number of carbonyl (C=O) groups is 3. The highest BCUT2D eigenvalue weighted by molar-refractivity contribution is 6.01. The molecule has 0 radical (unpaired) electrons. The summed E-state index contributed by atoms with van der Waals surface area (Å²) >= 11 is 0. The van der Waals surface area contributed by atoms with Crippen LogP contribution in [0.1, 0.15) is 58.8 Å². The first-order valence-corrected chi connectivity index (χ1v) is 15.1. The van der Waals surface area contributed by atoms with Crippen molar-refractivity contribution >= 4 is 23.3 Å². The van der Waals surface area contributed by atoms with Crippen LogP contribution in [0.5, 0.6) is 5.88 Å². The van der Waals surface area contributed by atoms with E-state index in [4.69, 9.17) is 14.2 Å². The Hall–Kier alpha value is -3.08. The van der Waals surface area contributed by atoms with E-state index in [9.17, 15) is 24.6 Å². The average Bonchev–Trinajstić information content (AvgIpc) is 3.24. The number of rotatable bonds is 6. The van der Waals surface area contributed by atoms with E-state index in [0.717, 1.165) is 31.3 Å². The average molecular weight is 581 g/mol. The lowest BCUT2D eigenvalue weighted by Crippen LogP contribution is -2.61. The third-order valence-corrected chi connectivity index (χ3v) is 10.9. The number of aliphatic hydroxyl groups excluding tert-OH is 1. The molecular weight excluding hydrogens is 540 g/mol. The first-order chi connectivity index (χ1) is 20.0. The van der Waals surface area contributed by atoms with Gasteiger partial charge in [-0.3, -0.25) is 14.9 Å². The minimum absolute atomic E-state index is 0.0195. The van der Waals surface area contributed by atoms with Crippen LogP contribution in [0, 0.1) is 28.6 Å². The molecule has 7 atom stereocenters. The third kappa shape index (κ3) is 4.87. The molecule has 0 aromatic carbocycles. The van der Waals surface area contributed by atoms with Crippen molar-refractivity contribution in [3.05, 3.63) is 42.1 Å². The molecule has 1 amide bonds. The lowest BCUT2D eigenvalue weighted by Gasteiger charge is -2.59. The molecule has 5 unspecified atom stereocenters. The van der Waals surface area contributed by atoms with Crippen molar-refractivity contribution in [1.29, 1.82) is 0 Å². The van der Waals surface area contributed by atoms with E-state index in [-0.39, 0.29) is 42.5 Å². The van der Waals surface area contributed by atoms with E-state index in [1.807, 2.05) is 13.0 Å². The van der Waals surface area contributed by atoms with Crippen LogP contribution in [0.25, 0.3) is 0 Å². The number of Topliss-reactive ketones (excluding diaryl/α,β-unsaturated/α-hetero) is 1. The van der Waals surface area contributed by atoms with E-state index in [1.165, 1.54) is 6.20 Å². The summed E-state index contributed by atoms with van der Waals surface area (Å²) in [4.78, 5) is 42.3. The predicted octanol–water partition coefficient (Wildman–Crippen LogP) is 3.77. The second-order valence-corrected chi connectivity index (χ2v) is 13.0. The molecule has 1 aliphatic heterocycles. The van der Waals surface area contributed by atoms with Gasteiger partial charge in [0.1, 0.15) is 11.7 Å². The Bertz CT molecular complexity index is 1300. The molecule has 226 valence electrons. The molecule has 2 heterocycles. The summed E-state index contributed by atoms with van der Waals surface area (Å²) in [7, 11) is 0. The van der Waals surface area contributed by atoms with Crippen LogP contribution in [0.2, 0.25) is 0 Å². The Kier molecular flexibility index (Phi) is 7.52. The number of aromatic nitrogens is 1. The maximum Gasteiger partial charge on any atom is 0.412 e. The van der Waals surface area contributed by atoms with Crippen molar-refractivity contribution < 1.29 is 38.8 Å². The van der Waals surface area contributed by atoms with E-state index >= 15 is 0 Å². The maximum atomic E-state index is 13.5. The van der Waals surface area contributed by atoms with Gasteiger partial charge in [0.25, 0.3) is 0 Å². The highest BCUT2D eigenvalue weighted by atomic mass is 16.6. The Morgan fingerprint density at radius 2 is 1.95 bits per heavy atom. The summed E-state index contributed by atoms with van der Waals surface area (Å²) in [6.07, 6.45) is 9.45. The van der Waals surface area contributed by atoms with Crippen LogP contribution in [0.4, 0.5) is 10.5 Å². The fraction of sp³-hybridized carbons (Fsp3) is 0.625. The zero-order chi connectivity index (χ0) is 29.7. The molecule has 3 saturated carbocycles. The number of carbonyl (C=O) groups excluding carboxylic acids is 3. The molecule has 1 saturated heterocycles. The first-order valence-electron chi connectivity index (χ1n) is 15.1. The summed E-state index contributed by atoms with van der Waals surface area (Å²) < 4.78 is 16.4. The molecule has 4 aliphatic carbocycles. The van der Waals surface area contributed by atoms with Crippen molar-refractivity contribution in [3.8, 4) is 5.88 Å². The molecule has 42 heavy (non-hydrogen) atoms. The Balaban J connectivity index is 1.08. The number of allylic oxidation sites excluding steroid dienone is 4. The summed E-state index contributed by atoms with van der Waals surface area (Å²) in [5, 5.41) is 25.9. The van der Waals surface area contributed by atoms with E-state index in [0.29, 0.717) is 31.2 Å². The smallest absolute Gasteiger partial charge is 0.412 e. The maximum absolute atomic E-state index is 13.5. The van der Waals surface area contributed by atoms with Crippen molar-refractivity contribution in [2.45, 2.75) is 76.6 Å². The van der Waals surface area contributed by atoms with Crippen molar-refractivity contribution in [3.63, 3.8) is 0 Å². The second-order valence-electron chi connectivity index (χ2n) is 13.0. The fourth-order valence-electron chi connectivity index (χ4n) is 8.68. The van der Waals surface area contributed by atoms with E-state index in [1.54, 1.807) is 24.3 Å². The van der Waals surface area contributed by atoms with Crippen LogP contribution in [0.15, 0.2) is 42.1 Å². The number of ketones is 2. The van der Waals surface area contributed by atoms with Gasteiger partial charge in [0.15, 0.2) is 12.4 Å². The molecular formula is C32H40N2O8. The number of amides is 1. The Morgan fingerprint density at radius 3 is 2.69 bits per heavy atom. The van der Waals surface area contributed by atoms with Gasteiger partial charge in [0.05, 0.1) is 31.2 Å². The van der Waals surface area contributed by atoms with E-state index in [2.05, 4.69) is 17.2 Å². The van der Waals surface area contributed by atoms with Gasteiger partial charge in [-0.15, -0.1) is 0 Å². The largest absolute Gasteiger partial charge is 0.474 e. The Labute approximate surface area is 245 Å². The number of hydrogen-bond acceptors (Lipinski definition) is 9. The summed E-state index contributed by atoms with van der Waals surface area (Å²) in [6, 6.07) is 3.30. The van der Waals surface area contributed by atoms with Gasteiger partial charge in [-0.2, -0.15) is 0 Å². The van der Waals surface area contributed by atoms with E-state index < -0.39 is 41.0 Å². The quantitative estimate of drug-likeness (QED) is 0.458. The number of nitrogens with one attached hydrogen (secondary N) is 1. The Morgan fingerprint density at radius 1 is 1.17 bits per heavy atom. The SMILES string of the molecule is CC12C=CC(=O)C=C1CCC1C2[C@@H](O)CC2(C)C1CC[C@]2(O)C(=O)COC(=O)Nc1ccc(OC2CCOCC2)nc1. The minimum atomic E-state index is -1.72. The lowest BCUT2D eigenvalue weighted by atomic mass is 9.46. The topological polar surface area (TPSA) is 144 Å². The molecule has 3 N–H and O–H groups in total. The number of hydrogen-bond donors (Lipinski definition) is 3. The van der Waals surface area contributed by atoms with Gasteiger partial charge >= 0.3 is 6.09 Å². The van der Waals surface area contributed by atoms with Gasteiger partial charge in [0.2, 0.25) is 11.7 Å². The number of aliphatic hydroxyl groups is 2. The number of fused-ring (bicyclic) bond motifs is 5. The molecule has 1 aromatic rings. The summed E-state index contributed by atoms with van der Waals surface area (Å²) in [6.45, 7) is 4.72. The second kappa shape index (κ2) is 10.9. The predicted molar refractivity (Wildman–Crippen MR) is 152 cm³/mol. The number of pyridine rings is 1. The van der Waals surface area contributed by atoms with Crippen LogP contribution in [0.3, 0.4) is 0 Å². The number of anilines is 1. The molecule has 10 heteroatoms. The van der Waals surface area contributed by atoms with Gasteiger partial charge in [-0.1, -0.05) is 25.5 Å². The first kappa shape index (κ1) is 29.0. The van der Waals surface area contributed by atoms with Gasteiger partial charge in [-0.05, 0) is 62.2 Å². The van der Waals surface area contributed by atoms with Crippen LogP contribution in [-0.4, -0.2) is 70.5 Å². The van der Waals surface area contributed by atoms with Crippen LogP contribution < -0.4 is 10.1 Å². The standard InChI is InChI=1S/C32H40N2O8/c1-30-11-7-21(35)15-19(30)3-5-23-24-8-12-32(39,31(24,2)16-25(36)28(23)30)26(37)18-41-29(38)34-20-4-6-27(33-17-20)42-22-9-13-40-14-10-22/h4,6-7,11,15,17,22-25,28,36,39H,3,5,8-10,12-14,16,18H2,1-2H3,(H,34,38)/t23?,24?,25-,28?,30?,31?,32-/m0/s1. The minimum Gasteiger partial charge on any atom is -0.474 e. The van der Waals surface area contributed by atoms with Gasteiger partial charge in [0, 0.05) is 35.7 Å². The molecule has 0 spiro atoms. The lowest BCUT2D eigenvalue weighted by molar-refractivity contribution is -0.178. The normalized spacial score (nSPS) is 37.6. The molecule has 6 rings (SSSR count). The zero-order valence-corrected chi connectivity index (χ0v) is 24.2. The fourth-order valence-corrected chi connectivity index (χ4v) is 8.68. The van der Waals surface area contributed by atoms with Crippen LogP contribution >= 0.6 is 0 Å². The van der Waals surface area contributed by atoms with Gasteiger partial charge in [-0.25, -0.2) is 9.78 Å². The van der Waals surface area contributed by atoms with Crippen molar-refractivity contribution in [2.75, 3.05) is 25.1 Å². The highest BCUT2D eigenvalue weighted by Crippen LogP contribution is 2.67. The molecule has 0 bridgehead atoms. The monoisotopic (exact) mass is 580 g/mol. The molecule has 1 aromatic heterocycles.